The van der Waals surface area contributed by atoms with Gasteiger partial charge in [-0.3, -0.25) is 0 Å². The molecule has 0 radical (unpaired) electrons. The summed E-state index contributed by atoms with van der Waals surface area (Å²) in [5.41, 5.74) is 0.746. The monoisotopic (exact) mass is 264 g/mol. The predicted octanol–water partition coefficient (Wildman–Crippen LogP) is 3.50. The van der Waals surface area contributed by atoms with Gasteiger partial charge in [0.25, 0.3) is 0 Å². The van der Waals surface area contributed by atoms with E-state index >= 15 is 0 Å². The van der Waals surface area contributed by atoms with Crippen molar-refractivity contribution in [1.29, 1.82) is 0 Å². The van der Waals surface area contributed by atoms with Gasteiger partial charge >= 0.3 is 7.12 Å². The van der Waals surface area contributed by atoms with Gasteiger partial charge in [0.2, 0.25) is 0 Å². The molecule has 0 amide bonds. The van der Waals surface area contributed by atoms with Gasteiger partial charge in [-0.15, -0.1) is 0 Å². The lowest BCUT2D eigenvalue weighted by Crippen LogP contribution is -2.41. The highest BCUT2D eigenvalue weighted by atomic mass is 16.7. The van der Waals surface area contributed by atoms with Gasteiger partial charge in [0.1, 0.15) is 0 Å². The average molecular weight is 264 g/mol. The third kappa shape index (κ3) is 2.75. The molecule has 1 atom stereocenters. The summed E-state index contributed by atoms with van der Waals surface area (Å²) in [5, 5.41) is 0. The minimum Gasteiger partial charge on any atom is -0.501 e. The molecule has 4 heteroatoms. The number of hydrogen-bond acceptors (Lipinski definition) is 3. The van der Waals surface area contributed by atoms with Crippen LogP contribution < -0.4 is 0 Å². The van der Waals surface area contributed by atoms with Crippen LogP contribution in [-0.4, -0.2) is 25.4 Å². The highest BCUT2D eigenvalue weighted by molar-refractivity contribution is 6.54. The summed E-state index contributed by atoms with van der Waals surface area (Å²) in [6.45, 7) is 12.3. The summed E-state index contributed by atoms with van der Waals surface area (Å²) in [5.74, 6) is 1.31. The fourth-order valence-electron chi connectivity index (χ4n) is 2.52. The van der Waals surface area contributed by atoms with Crippen molar-refractivity contribution in [3.8, 4) is 0 Å². The third-order valence-corrected chi connectivity index (χ3v) is 4.72. The van der Waals surface area contributed by atoms with Crippen LogP contribution in [0.3, 0.4) is 0 Å². The smallest absolute Gasteiger partial charge is 0.490 e. The summed E-state index contributed by atoms with van der Waals surface area (Å²) in [6.07, 6.45) is 5.25. The van der Waals surface area contributed by atoms with Gasteiger partial charge in [-0.25, -0.2) is 0 Å². The van der Waals surface area contributed by atoms with E-state index in [9.17, 15) is 0 Å². The van der Waals surface area contributed by atoms with Gasteiger partial charge in [-0.2, -0.15) is 0 Å². The van der Waals surface area contributed by atoms with Crippen molar-refractivity contribution in [3.63, 3.8) is 0 Å². The Bertz CT molecular complexity index is 382. The second-order valence-corrected chi connectivity index (χ2v) is 6.51. The second-order valence-electron chi connectivity index (χ2n) is 6.51. The van der Waals surface area contributed by atoms with E-state index in [4.69, 9.17) is 14.0 Å². The maximum absolute atomic E-state index is 6.08. The molecule has 0 aromatic rings. The molecule has 2 rings (SSSR count). The number of hydrogen-bond donors (Lipinski definition) is 0. The van der Waals surface area contributed by atoms with Gasteiger partial charge in [0, 0.05) is 5.92 Å². The number of allylic oxidation sites excluding steroid dienone is 3. The van der Waals surface area contributed by atoms with Gasteiger partial charge in [0.15, 0.2) is 0 Å². The summed E-state index contributed by atoms with van der Waals surface area (Å²) in [7, 11) is 1.50. The molecular formula is C15H25BO3. The van der Waals surface area contributed by atoms with Crippen LogP contribution in [0.15, 0.2) is 23.9 Å². The molecule has 1 unspecified atom stereocenters. The fraction of sp³-hybridized carbons (Fsp3) is 0.733. The molecule has 0 spiro atoms. The van der Waals surface area contributed by atoms with Crippen molar-refractivity contribution in [1.82, 2.24) is 0 Å². The molecule has 1 saturated heterocycles. The Labute approximate surface area is 117 Å². The van der Waals surface area contributed by atoms with E-state index < -0.39 is 0 Å². The molecule has 1 fully saturated rings. The van der Waals surface area contributed by atoms with E-state index in [-0.39, 0.29) is 18.3 Å². The first-order valence-electron chi connectivity index (χ1n) is 7.04. The summed E-state index contributed by atoms with van der Waals surface area (Å²) in [6, 6.07) is 0. The summed E-state index contributed by atoms with van der Waals surface area (Å²) < 4.78 is 17.4. The highest BCUT2D eigenvalue weighted by Crippen LogP contribution is 2.41. The number of rotatable bonds is 3. The van der Waals surface area contributed by atoms with Gasteiger partial charge in [0.05, 0.1) is 24.1 Å². The molecule has 0 saturated carbocycles. The van der Waals surface area contributed by atoms with Crippen molar-refractivity contribution >= 4 is 7.12 Å². The Hall–Kier alpha value is -0.735. The maximum atomic E-state index is 6.08. The summed E-state index contributed by atoms with van der Waals surface area (Å²) >= 11 is 0. The minimum atomic E-state index is -0.258. The Morgan fingerprint density at radius 3 is 2.32 bits per heavy atom. The fourth-order valence-corrected chi connectivity index (χ4v) is 2.52. The number of methoxy groups -OCH3 is 1. The maximum Gasteiger partial charge on any atom is 0.490 e. The molecule has 3 nitrogen and oxygen atoms in total. The normalized spacial score (nSPS) is 29.0. The molecule has 0 aromatic carbocycles. The highest BCUT2D eigenvalue weighted by Gasteiger charge is 2.52. The summed E-state index contributed by atoms with van der Waals surface area (Å²) in [4.78, 5) is 0. The molecule has 19 heavy (non-hydrogen) atoms. The zero-order chi connectivity index (χ0) is 14.3. The van der Waals surface area contributed by atoms with Crippen LogP contribution in [0.25, 0.3) is 0 Å². The van der Waals surface area contributed by atoms with E-state index in [0.29, 0.717) is 5.92 Å². The van der Waals surface area contributed by atoms with Crippen LogP contribution in [0.1, 0.15) is 47.0 Å². The molecule has 0 aromatic heterocycles. The van der Waals surface area contributed by atoms with Crippen LogP contribution in [0, 0.1) is 5.92 Å². The van der Waals surface area contributed by atoms with Crippen LogP contribution in [0.2, 0.25) is 0 Å². The van der Waals surface area contributed by atoms with E-state index in [1.807, 2.05) is 0 Å². The molecule has 0 bridgehead atoms. The lowest BCUT2D eigenvalue weighted by molar-refractivity contribution is 0.00578. The zero-order valence-corrected chi connectivity index (χ0v) is 12.8. The number of ether oxygens (including phenoxy) is 1. The first kappa shape index (κ1) is 14.7. The molecule has 106 valence electrons. The van der Waals surface area contributed by atoms with E-state index in [1.54, 1.807) is 7.11 Å². The van der Waals surface area contributed by atoms with Gasteiger partial charge < -0.3 is 14.0 Å². The Morgan fingerprint density at radius 1 is 1.32 bits per heavy atom. The topological polar surface area (TPSA) is 27.7 Å². The lowest BCUT2D eigenvalue weighted by Gasteiger charge is -2.32. The molecule has 0 N–H and O–H groups in total. The first-order chi connectivity index (χ1) is 8.77. The van der Waals surface area contributed by atoms with Gasteiger partial charge in [-0.1, -0.05) is 12.7 Å². The average Bonchev–Trinajstić information content (AvgIpc) is 2.58. The third-order valence-electron chi connectivity index (χ3n) is 4.72. The first-order valence-corrected chi connectivity index (χ1v) is 7.04. The quantitative estimate of drug-likeness (QED) is 0.576. The lowest BCUT2D eigenvalue weighted by atomic mass is 9.70. The minimum absolute atomic E-state index is 0.193. The molecule has 1 heterocycles. The van der Waals surface area contributed by atoms with Gasteiger partial charge in [-0.05, 0) is 52.4 Å². The molecule has 1 aliphatic carbocycles. The van der Waals surface area contributed by atoms with E-state index in [2.05, 4.69) is 40.3 Å². The zero-order valence-electron chi connectivity index (χ0n) is 12.8. The largest absolute Gasteiger partial charge is 0.501 e. The molecule has 2 aliphatic rings. The van der Waals surface area contributed by atoms with Crippen molar-refractivity contribution in [2.24, 2.45) is 5.92 Å². The van der Waals surface area contributed by atoms with Crippen LogP contribution in [0.5, 0.6) is 0 Å². The SMILES string of the molecule is C=C(OC)C1CC=C(B2OC(C)(C)C(C)(C)O2)CC1. The van der Waals surface area contributed by atoms with Crippen molar-refractivity contribution in [2.75, 3.05) is 7.11 Å². The van der Waals surface area contributed by atoms with E-state index in [1.165, 1.54) is 5.47 Å². The second kappa shape index (κ2) is 4.99. The van der Waals surface area contributed by atoms with Crippen LogP contribution in [0.4, 0.5) is 0 Å². The van der Waals surface area contributed by atoms with Crippen LogP contribution in [-0.2, 0) is 14.0 Å². The van der Waals surface area contributed by atoms with Crippen molar-refractivity contribution < 1.29 is 14.0 Å². The Kier molecular flexibility index (Phi) is 3.85. The Morgan fingerprint density at radius 2 is 1.89 bits per heavy atom. The van der Waals surface area contributed by atoms with Crippen molar-refractivity contribution in [2.45, 2.75) is 58.2 Å². The Balaban J connectivity index is 2.03. The molecule has 1 aliphatic heterocycles. The van der Waals surface area contributed by atoms with Crippen LogP contribution >= 0.6 is 0 Å². The molecular weight excluding hydrogens is 239 g/mol. The van der Waals surface area contributed by atoms with Crippen molar-refractivity contribution in [3.05, 3.63) is 23.9 Å². The van der Waals surface area contributed by atoms with E-state index in [0.717, 1.165) is 25.0 Å². The predicted molar refractivity (Wildman–Crippen MR) is 77.7 cm³/mol. The standard InChI is InChI=1S/C15H25BO3/c1-11(17-6)12-7-9-13(10-8-12)16-18-14(2,3)15(4,5)19-16/h9,12H,1,7-8,10H2,2-6H3.